The first-order valence-corrected chi connectivity index (χ1v) is 7.37. The first-order chi connectivity index (χ1) is 9.44. The lowest BCUT2D eigenvalue weighted by Gasteiger charge is -2.24. The van der Waals surface area contributed by atoms with E-state index in [1.807, 2.05) is 12.1 Å². The third kappa shape index (κ3) is 6.20. The molecule has 112 valence electrons. The molecule has 1 rings (SSSR count). The zero-order chi connectivity index (χ0) is 15.0. The van der Waals surface area contributed by atoms with E-state index >= 15 is 0 Å². The number of aryl methyl sites for hydroxylation is 2. The van der Waals surface area contributed by atoms with E-state index in [1.54, 1.807) is 0 Å². The summed E-state index contributed by atoms with van der Waals surface area (Å²) in [6, 6.07) is 8.18. The number of hydrogen-bond acceptors (Lipinski definition) is 2. The number of carbonyl (C=O) groups is 1. The maximum absolute atomic E-state index is 11.9. The highest BCUT2D eigenvalue weighted by Gasteiger charge is 2.18. The Balaban J connectivity index is 2.32. The predicted molar refractivity (Wildman–Crippen MR) is 82.6 cm³/mol. The lowest BCUT2D eigenvalue weighted by molar-refractivity contribution is -0.121. The number of aliphatic hydroxyl groups excluding tert-OH is 1. The van der Waals surface area contributed by atoms with Gasteiger partial charge < -0.3 is 10.4 Å². The van der Waals surface area contributed by atoms with E-state index in [1.165, 1.54) is 11.1 Å². The highest BCUT2D eigenvalue weighted by molar-refractivity contribution is 5.76. The number of carbonyl (C=O) groups excluding carboxylic acids is 1. The van der Waals surface area contributed by atoms with E-state index in [2.05, 4.69) is 38.2 Å². The number of aliphatic hydroxyl groups is 1. The minimum absolute atomic E-state index is 0.0427. The Morgan fingerprint density at radius 2 is 2.00 bits per heavy atom. The van der Waals surface area contributed by atoms with Crippen LogP contribution in [0, 0.1) is 12.3 Å². The molecule has 2 N–H and O–H groups in total. The molecule has 0 saturated heterocycles. The van der Waals surface area contributed by atoms with E-state index in [9.17, 15) is 4.79 Å². The molecule has 0 spiro atoms. The minimum Gasteiger partial charge on any atom is -0.396 e. The fourth-order valence-electron chi connectivity index (χ4n) is 2.21. The molecule has 0 fully saturated rings. The normalized spacial score (nSPS) is 11.4. The van der Waals surface area contributed by atoms with Gasteiger partial charge in [-0.05, 0) is 42.7 Å². The van der Waals surface area contributed by atoms with Crippen molar-refractivity contribution in [2.45, 2.75) is 46.5 Å². The molecule has 0 aliphatic rings. The summed E-state index contributed by atoms with van der Waals surface area (Å²) in [4.78, 5) is 11.9. The summed E-state index contributed by atoms with van der Waals surface area (Å²) in [6.45, 7) is 7.18. The lowest BCUT2D eigenvalue weighted by Crippen LogP contribution is -2.34. The molecular weight excluding hydrogens is 250 g/mol. The van der Waals surface area contributed by atoms with Gasteiger partial charge in [-0.2, -0.15) is 0 Å². The molecule has 0 bridgehead atoms. The Morgan fingerprint density at radius 1 is 1.30 bits per heavy atom. The third-order valence-corrected chi connectivity index (χ3v) is 3.66. The quantitative estimate of drug-likeness (QED) is 0.767. The Bertz CT molecular complexity index is 427. The van der Waals surface area contributed by atoms with Gasteiger partial charge in [0.2, 0.25) is 5.91 Å². The molecular formula is C17H27NO2. The molecule has 0 unspecified atom stereocenters. The number of benzene rings is 1. The molecule has 0 atom stereocenters. The first kappa shape index (κ1) is 16.7. The summed E-state index contributed by atoms with van der Waals surface area (Å²) in [6.07, 6.45) is 3.02. The largest absolute Gasteiger partial charge is 0.396 e. The van der Waals surface area contributed by atoms with Crippen molar-refractivity contribution in [1.29, 1.82) is 0 Å². The summed E-state index contributed by atoms with van der Waals surface area (Å²) >= 11 is 0. The molecule has 0 saturated carbocycles. The van der Waals surface area contributed by atoms with Gasteiger partial charge >= 0.3 is 0 Å². The highest BCUT2D eigenvalue weighted by atomic mass is 16.2. The zero-order valence-corrected chi connectivity index (χ0v) is 12.9. The van der Waals surface area contributed by atoms with Gasteiger partial charge in [0.05, 0.1) is 0 Å². The molecule has 3 heteroatoms. The summed E-state index contributed by atoms with van der Waals surface area (Å²) in [5, 5.41) is 11.9. The fraction of sp³-hybridized carbons (Fsp3) is 0.588. The van der Waals surface area contributed by atoms with Gasteiger partial charge in [0, 0.05) is 19.6 Å². The van der Waals surface area contributed by atoms with Crippen LogP contribution in [0.2, 0.25) is 0 Å². The maximum atomic E-state index is 11.9. The molecule has 0 aliphatic carbocycles. The second kappa shape index (κ2) is 8.05. The molecule has 0 radical (unpaired) electrons. The number of hydrogen-bond donors (Lipinski definition) is 2. The Labute approximate surface area is 122 Å². The molecule has 1 aromatic rings. The lowest BCUT2D eigenvalue weighted by atomic mass is 9.88. The van der Waals surface area contributed by atoms with Crippen molar-refractivity contribution in [3.8, 4) is 0 Å². The van der Waals surface area contributed by atoms with Crippen LogP contribution in [0.4, 0.5) is 0 Å². The molecule has 3 nitrogen and oxygen atoms in total. The Kier molecular flexibility index (Phi) is 6.73. The smallest absolute Gasteiger partial charge is 0.220 e. The molecule has 0 aromatic heterocycles. The summed E-state index contributed by atoms with van der Waals surface area (Å²) in [5.74, 6) is 0.102. The Hall–Kier alpha value is -1.35. The maximum Gasteiger partial charge on any atom is 0.220 e. The van der Waals surface area contributed by atoms with Crippen LogP contribution in [0.15, 0.2) is 24.3 Å². The molecule has 20 heavy (non-hydrogen) atoms. The second-order valence-electron chi connectivity index (χ2n) is 6.19. The summed E-state index contributed by atoms with van der Waals surface area (Å²) in [5.41, 5.74) is 2.52. The molecule has 0 aliphatic heterocycles. The summed E-state index contributed by atoms with van der Waals surface area (Å²) in [7, 11) is 0. The average Bonchev–Trinajstić information content (AvgIpc) is 2.42. The zero-order valence-electron chi connectivity index (χ0n) is 12.9. The van der Waals surface area contributed by atoms with Gasteiger partial charge in [-0.15, -0.1) is 0 Å². The highest BCUT2D eigenvalue weighted by Crippen LogP contribution is 2.20. The van der Waals surface area contributed by atoms with Gasteiger partial charge in [-0.1, -0.05) is 38.1 Å². The van der Waals surface area contributed by atoms with Gasteiger partial charge in [0.25, 0.3) is 0 Å². The molecule has 0 heterocycles. The van der Waals surface area contributed by atoms with Crippen molar-refractivity contribution in [2.24, 2.45) is 5.41 Å². The number of nitrogens with one attached hydrogen (secondary N) is 1. The van der Waals surface area contributed by atoms with Crippen LogP contribution < -0.4 is 5.32 Å². The number of amides is 1. The minimum atomic E-state index is 0.0427. The summed E-state index contributed by atoms with van der Waals surface area (Å²) < 4.78 is 0. The number of rotatable bonds is 8. The van der Waals surface area contributed by atoms with Crippen molar-refractivity contribution in [1.82, 2.24) is 5.32 Å². The SMILES string of the molecule is Cc1ccccc1CCC(=O)NCC(C)(C)CCCO. The van der Waals surface area contributed by atoms with Crippen LogP contribution in [-0.4, -0.2) is 24.2 Å². The van der Waals surface area contributed by atoms with E-state index in [-0.39, 0.29) is 17.9 Å². The Morgan fingerprint density at radius 3 is 2.65 bits per heavy atom. The van der Waals surface area contributed by atoms with Crippen molar-refractivity contribution in [2.75, 3.05) is 13.2 Å². The van der Waals surface area contributed by atoms with Gasteiger partial charge in [0.15, 0.2) is 0 Å². The van der Waals surface area contributed by atoms with E-state index in [0.29, 0.717) is 13.0 Å². The van der Waals surface area contributed by atoms with Crippen LogP contribution >= 0.6 is 0 Å². The van der Waals surface area contributed by atoms with Crippen molar-refractivity contribution >= 4 is 5.91 Å². The topological polar surface area (TPSA) is 49.3 Å². The average molecular weight is 277 g/mol. The fourth-order valence-corrected chi connectivity index (χ4v) is 2.21. The van der Waals surface area contributed by atoms with Gasteiger partial charge in [-0.25, -0.2) is 0 Å². The predicted octanol–water partition coefficient (Wildman–Crippen LogP) is 2.84. The van der Waals surface area contributed by atoms with E-state index in [4.69, 9.17) is 5.11 Å². The van der Waals surface area contributed by atoms with Crippen LogP contribution in [0.25, 0.3) is 0 Å². The van der Waals surface area contributed by atoms with Crippen LogP contribution in [0.5, 0.6) is 0 Å². The molecule has 1 aromatic carbocycles. The monoisotopic (exact) mass is 277 g/mol. The van der Waals surface area contributed by atoms with Crippen molar-refractivity contribution in [3.63, 3.8) is 0 Å². The van der Waals surface area contributed by atoms with Crippen LogP contribution in [0.3, 0.4) is 0 Å². The third-order valence-electron chi connectivity index (χ3n) is 3.66. The van der Waals surface area contributed by atoms with Gasteiger partial charge in [-0.3, -0.25) is 4.79 Å². The van der Waals surface area contributed by atoms with E-state index in [0.717, 1.165) is 19.3 Å². The van der Waals surface area contributed by atoms with Crippen LogP contribution in [-0.2, 0) is 11.2 Å². The second-order valence-corrected chi connectivity index (χ2v) is 6.19. The van der Waals surface area contributed by atoms with E-state index < -0.39 is 0 Å². The van der Waals surface area contributed by atoms with Crippen LogP contribution in [0.1, 0.15) is 44.2 Å². The standard InChI is InChI=1S/C17H27NO2/c1-14-7-4-5-8-15(14)9-10-16(20)18-13-17(2,3)11-6-12-19/h4-5,7-8,19H,6,9-13H2,1-3H3,(H,18,20). The molecule has 1 amide bonds. The van der Waals surface area contributed by atoms with Crippen molar-refractivity contribution < 1.29 is 9.90 Å². The first-order valence-electron chi connectivity index (χ1n) is 7.37. The van der Waals surface area contributed by atoms with Crippen molar-refractivity contribution in [3.05, 3.63) is 35.4 Å². The van der Waals surface area contributed by atoms with Gasteiger partial charge in [0.1, 0.15) is 0 Å².